The maximum atomic E-state index is 12.2. The van der Waals surface area contributed by atoms with Crippen LogP contribution in [0.15, 0.2) is 71.3 Å². The van der Waals surface area contributed by atoms with Gasteiger partial charge in [0.25, 0.3) is 0 Å². The van der Waals surface area contributed by atoms with E-state index in [2.05, 4.69) is 12.1 Å². The van der Waals surface area contributed by atoms with Crippen molar-refractivity contribution in [3.05, 3.63) is 83.8 Å². The molecule has 114 valence electrons. The van der Waals surface area contributed by atoms with Gasteiger partial charge >= 0.3 is 5.97 Å². The summed E-state index contributed by atoms with van der Waals surface area (Å²) < 4.78 is 11.0. The summed E-state index contributed by atoms with van der Waals surface area (Å²) >= 11 is 0. The Morgan fingerprint density at radius 3 is 2.17 bits per heavy atom. The number of fused-ring (bicyclic) bond motifs is 3. The monoisotopic (exact) mass is 304 g/mol. The van der Waals surface area contributed by atoms with E-state index >= 15 is 0 Å². The first-order chi connectivity index (χ1) is 11.3. The second kappa shape index (κ2) is 5.76. The molecule has 23 heavy (non-hydrogen) atoms. The van der Waals surface area contributed by atoms with Gasteiger partial charge in [0.15, 0.2) is 6.10 Å². The fourth-order valence-electron chi connectivity index (χ4n) is 3.11. The van der Waals surface area contributed by atoms with Crippen molar-refractivity contribution < 1.29 is 13.9 Å². The van der Waals surface area contributed by atoms with Crippen LogP contribution in [0.2, 0.25) is 0 Å². The van der Waals surface area contributed by atoms with Crippen LogP contribution in [0.5, 0.6) is 0 Å². The predicted molar refractivity (Wildman–Crippen MR) is 86.8 cm³/mol. The minimum Gasteiger partial charge on any atom is -0.469 e. The number of carbonyl (C=O) groups is 1. The molecule has 0 N–H and O–H groups in total. The summed E-state index contributed by atoms with van der Waals surface area (Å²) in [5.41, 5.74) is 4.40. The summed E-state index contributed by atoms with van der Waals surface area (Å²) in [6.45, 7) is 0. The minimum absolute atomic E-state index is 0.210. The molecule has 4 rings (SSSR count). The van der Waals surface area contributed by atoms with Gasteiger partial charge in [-0.05, 0) is 23.3 Å². The molecule has 1 aromatic heterocycles. The normalized spacial score (nSPS) is 12.7. The highest BCUT2D eigenvalue weighted by Crippen LogP contribution is 2.45. The van der Waals surface area contributed by atoms with Crippen LogP contribution in [0.25, 0.3) is 11.1 Å². The van der Waals surface area contributed by atoms with E-state index in [1.807, 2.05) is 48.5 Å². The Kier molecular flexibility index (Phi) is 3.46. The predicted octanol–water partition coefficient (Wildman–Crippen LogP) is 4.53. The molecular weight excluding hydrogens is 288 g/mol. The van der Waals surface area contributed by atoms with E-state index in [1.165, 1.54) is 0 Å². The average molecular weight is 304 g/mol. The Labute approximate surface area is 134 Å². The average Bonchev–Trinajstić information content (AvgIpc) is 3.21. The van der Waals surface area contributed by atoms with Gasteiger partial charge in [-0.2, -0.15) is 0 Å². The third-order valence-electron chi connectivity index (χ3n) is 4.18. The molecule has 0 unspecified atom stereocenters. The summed E-state index contributed by atoms with van der Waals surface area (Å²) in [7, 11) is 0. The number of benzene rings is 2. The van der Waals surface area contributed by atoms with Crippen LogP contribution in [-0.2, 0) is 16.0 Å². The Hall–Kier alpha value is -2.81. The molecule has 0 spiro atoms. The molecule has 0 fully saturated rings. The molecule has 2 aromatic carbocycles. The topological polar surface area (TPSA) is 39.4 Å². The van der Waals surface area contributed by atoms with Gasteiger partial charge in [-0.1, -0.05) is 48.5 Å². The molecule has 0 aliphatic heterocycles. The zero-order valence-corrected chi connectivity index (χ0v) is 12.6. The Morgan fingerprint density at radius 1 is 0.913 bits per heavy atom. The summed E-state index contributed by atoms with van der Waals surface area (Å²) in [6.07, 6.45) is 2.17. The van der Waals surface area contributed by atoms with E-state index in [0.29, 0.717) is 12.8 Å². The lowest BCUT2D eigenvalue weighted by atomic mass is 10.1. The zero-order chi connectivity index (χ0) is 15.6. The number of hydrogen-bond acceptors (Lipinski definition) is 3. The van der Waals surface area contributed by atoms with E-state index < -0.39 is 0 Å². The van der Waals surface area contributed by atoms with Crippen LogP contribution < -0.4 is 0 Å². The maximum absolute atomic E-state index is 12.2. The van der Waals surface area contributed by atoms with E-state index in [0.717, 1.165) is 28.0 Å². The quantitative estimate of drug-likeness (QED) is 0.665. The van der Waals surface area contributed by atoms with Gasteiger partial charge in [-0.15, -0.1) is 0 Å². The maximum Gasteiger partial charge on any atom is 0.307 e. The van der Waals surface area contributed by atoms with Gasteiger partial charge in [0.05, 0.1) is 12.7 Å². The van der Waals surface area contributed by atoms with Crippen molar-refractivity contribution in [2.45, 2.75) is 18.9 Å². The molecule has 1 heterocycles. The summed E-state index contributed by atoms with van der Waals surface area (Å²) in [5.74, 6) is 0.590. The van der Waals surface area contributed by atoms with Gasteiger partial charge in [0.1, 0.15) is 5.76 Å². The molecule has 1 aliphatic rings. The van der Waals surface area contributed by atoms with Crippen molar-refractivity contribution in [2.75, 3.05) is 0 Å². The van der Waals surface area contributed by atoms with E-state index in [1.54, 1.807) is 6.26 Å². The first-order valence-electron chi connectivity index (χ1n) is 7.73. The van der Waals surface area contributed by atoms with Crippen molar-refractivity contribution in [1.29, 1.82) is 0 Å². The smallest absolute Gasteiger partial charge is 0.307 e. The van der Waals surface area contributed by atoms with Crippen molar-refractivity contribution in [2.24, 2.45) is 0 Å². The lowest BCUT2D eigenvalue weighted by molar-refractivity contribution is -0.147. The molecule has 0 saturated carbocycles. The lowest BCUT2D eigenvalue weighted by Gasteiger charge is -2.14. The lowest BCUT2D eigenvalue weighted by Crippen LogP contribution is -2.11. The summed E-state index contributed by atoms with van der Waals surface area (Å²) in [5, 5.41) is 0. The number of ether oxygens (including phenoxy) is 1. The molecule has 3 nitrogen and oxygen atoms in total. The molecule has 0 saturated heterocycles. The first kappa shape index (κ1) is 13.8. The highest BCUT2D eigenvalue weighted by Gasteiger charge is 2.30. The van der Waals surface area contributed by atoms with Crippen LogP contribution in [0.1, 0.15) is 29.4 Å². The fourth-order valence-corrected chi connectivity index (χ4v) is 3.11. The molecule has 0 radical (unpaired) electrons. The van der Waals surface area contributed by atoms with E-state index in [-0.39, 0.29) is 12.1 Å². The van der Waals surface area contributed by atoms with Crippen molar-refractivity contribution in [3.63, 3.8) is 0 Å². The van der Waals surface area contributed by atoms with Crippen molar-refractivity contribution in [1.82, 2.24) is 0 Å². The number of rotatable bonds is 4. The highest BCUT2D eigenvalue weighted by atomic mass is 16.5. The first-order valence-corrected chi connectivity index (χ1v) is 7.73. The van der Waals surface area contributed by atoms with Crippen molar-refractivity contribution >= 4 is 5.97 Å². The van der Waals surface area contributed by atoms with E-state index in [9.17, 15) is 4.79 Å². The highest BCUT2D eigenvalue weighted by molar-refractivity contribution is 5.80. The Balaban J connectivity index is 1.55. The molecule has 3 heteroatoms. The minimum atomic E-state index is -0.313. The molecule has 3 aromatic rings. The third kappa shape index (κ3) is 2.55. The van der Waals surface area contributed by atoms with Crippen LogP contribution >= 0.6 is 0 Å². The van der Waals surface area contributed by atoms with Gasteiger partial charge in [0, 0.05) is 17.5 Å². The standard InChI is InChI=1S/C20H16O3/c21-19(12-11-14-6-5-13-22-14)23-20-17-9-3-1-7-15(17)16-8-2-4-10-18(16)20/h1-10,13,20H,11-12H2. The second-order valence-electron chi connectivity index (χ2n) is 5.62. The molecule has 1 aliphatic carbocycles. The SMILES string of the molecule is O=C(CCc1ccco1)OC1c2ccccc2-c2ccccc21. The Morgan fingerprint density at radius 2 is 1.57 bits per heavy atom. The molecule has 0 amide bonds. The fraction of sp³-hybridized carbons (Fsp3) is 0.150. The van der Waals surface area contributed by atoms with Gasteiger partial charge < -0.3 is 9.15 Å². The van der Waals surface area contributed by atoms with Crippen LogP contribution in [-0.4, -0.2) is 5.97 Å². The second-order valence-corrected chi connectivity index (χ2v) is 5.62. The zero-order valence-electron chi connectivity index (χ0n) is 12.6. The Bertz CT molecular complexity index is 788. The van der Waals surface area contributed by atoms with Crippen LogP contribution in [0.3, 0.4) is 0 Å². The van der Waals surface area contributed by atoms with Crippen LogP contribution in [0.4, 0.5) is 0 Å². The van der Waals surface area contributed by atoms with Gasteiger partial charge in [-0.25, -0.2) is 0 Å². The molecule has 0 bridgehead atoms. The number of esters is 1. The number of hydrogen-bond donors (Lipinski definition) is 0. The van der Waals surface area contributed by atoms with Gasteiger partial charge in [-0.3, -0.25) is 4.79 Å². The third-order valence-corrected chi connectivity index (χ3v) is 4.18. The molecule has 0 atom stereocenters. The van der Waals surface area contributed by atoms with Crippen molar-refractivity contribution in [3.8, 4) is 11.1 Å². The number of aryl methyl sites for hydroxylation is 1. The number of furan rings is 1. The summed E-state index contributed by atoms with van der Waals surface area (Å²) in [4.78, 5) is 12.2. The van der Waals surface area contributed by atoms with Gasteiger partial charge in [0.2, 0.25) is 0 Å². The van der Waals surface area contributed by atoms with Crippen LogP contribution in [0, 0.1) is 0 Å². The largest absolute Gasteiger partial charge is 0.469 e. The molecular formula is C20H16O3. The summed E-state index contributed by atoms with van der Waals surface area (Å²) in [6, 6.07) is 19.9. The number of carbonyl (C=O) groups excluding carboxylic acids is 1. The van der Waals surface area contributed by atoms with E-state index in [4.69, 9.17) is 9.15 Å².